The van der Waals surface area contributed by atoms with Crippen LogP contribution in [0.3, 0.4) is 0 Å². The Morgan fingerprint density at radius 2 is 2.08 bits per heavy atom. The summed E-state index contributed by atoms with van der Waals surface area (Å²) in [5, 5.41) is 6.74. The molecule has 0 radical (unpaired) electrons. The third kappa shape index (κ3) is 4.90. The molecule has 1 amide bonds. The molecule has 1 fully saturated rings. The van der Waals surface area contributed by atoms with Crippen molar-refractivity contribution in [2.75, 3.05) is 12.3 Å². The second kappa shape index (κ2) is 7.36. The Hall–Kier alpha value is -1.20. The van der Waals surface area contributed by atoms with Gasteiger partial charge in [0.25, 0.3) is 0 Å². The molecule has 5 heteroatoms. The average molecular weight is 349 g/mol. The highest BCUT2D eigenvalue weighted by molar-refractivity contribution is 7.98. The minimum atomic E-state index is -0.454. The van der Waals surface area contributed by atoms with E-state index < -0.39 is 5.60 Å². The molecule has 2 atom stereocenters. The Morgan fingerprint density at radius 3 is 2.79 bits per heavy atom. The first-order valence-corrected chi connectivity index (χ1v) is 9.96. The topological polar surface area (TPSA) is 50.4 Å². The number of nitrogens with one attached hydrogen (secondary N) is 2. The number of hydrogen-bond donors (Lipinski definition) is 2. The maximum absolute atomic E-state index is 12.1. The van der Waals surface area contributed by atoms with Crippen molar-refractivity contribution in [2.24, 2.45) is 5.92 Å². The van der Waals surface area contributed by atoms with Crippen LogP contribution in [-0.2, 0) is 10.5 Å². The molecule has 1 aromatic carbocycles. The Bertz CT molecular complexity index is 581. The molecule has 1 aliphatic heterocycles. The van der Waals surface area contributed by atoms with Gasteiger partial charge in [-0.1, -0.05) is 24.3 Å². The van der Waals surface area contributed by atoms with E-state index in [-0.39, 0.29) is 12.1 Å². The summed E-state index contributed by atoms with van der Waals surface area (Å²) in [6.07, 6.45) is 2.08. The summed E-state index contributed by atoms with van der Waals surface area (Å²) in [6, 6.07) is 9.17. The Balaban J connectivity index is 1.57. The first kappa shape index (κ1) is 17.6. The van der Waals surface area contributed by atoms with E-state index in [0.29, 0.717) is 12.0 Å². The van der Waals surface area contributed by atoms with Crippen LogP contribution in [0.2, 0.25) is 0 Å². The number of alkyl carbamates (subject to hydrolysis) is 1. The molecule has 1 saturated carbocycles. The van der Waals surface area contributed by atoms with Gasteiger partial charge in [0.2, 0.25) is 0 Å². The number of thioether (sulfide) groups is 1. The normalized spacial score (nSPS) is 21.7. The van der Waals surface area contributed by atoms with E-state index in [2.05, 4.69) is 34.9 Å². The summed E-state index contributed by atoms with van der Waals surface area (Å²) < 4.78 is 5.41. The molecule has 2 unspecified atom stereocenters. The van der Waals surface area contributed by atoms with Gasteiger partial charge in [-0.25, -0.2) is 4.79 Å². The van der Waals surface area contributed by atoms with Crippen molar-refractivity contribution in [1.82, 2.24) is 10.6 Å². The van der Waals surface area contributed by atoms with E-state index >= 15 is 0 Å². The molecule has 3 rings (SSSR count). The summed E-state index contributed by atoms with van der Waals surface area (Å²) in [5.74, 6) is 2.76. The van der Waals surface area contributed by atoms with Crippen LogP contribution in [0.1, 0.15) is 50.8 Å². The van der Waals surface area contributed by atoms with Crippen LogP contribution < -0.4 is 10.6 Å². The lowest BCUT2D eigenvalue weighted by molar-refractivity contribution is 0.0497. The molecule has 2 aliphatic rings. The maximum atomic E-state index is 12.1. The molecule has 1 aliphatic carbocycles. The Morgan fingerprint density at radius 1 is 1.33 bits per heavy atom. The number of hydrogen-bond acceptors (Lipinski definition) is 4. The predicted molar refractivity (Wildman–Crippen MR) is 99.2 cm³/mol. The van der Waals surface area contributed by atoms with Gasteiger partial charge in [0.1, 0.15) is 5.60 Å². The quantitative estimate of drug-likeness (QED) is 0.848. The second-order valence-electron chi connectivity index (χ2n) is 7.76. The van der Waals surface area contributed by atoms with E-state index in [0.717, 1.165) is 18.1 Å². The van der Waals surface area contributed by atoms with E-state index in [1.54, 1.807) is 0 Å². The first-order valence-electron chi connectivity index (χ1n) is 8.81. The van der Waals surface area contributed by atoms with E-state index in [4.69, 9.17) is 4.74 Å². The minimum Gasteiger partial charge on any atom is -0.444 e. The van der Waals surface area contributed by atoms with Gasteiger partial charge in [0.15, 0.2) is 0 Å². The fourth-order valence-corrected chi connectivity index (χ4v) is 4.25. The molecular weight excluding hydrogens is 320 g/mol. The van der Waals surface area contributed by atoms with Gasteiger partial charge in [-0.3, -0.25) is 0 Å². The van der Waals surface area contributed by atoms with Gasteiger partial charge in [-0.05, 0) is 50.7 Å². The lowest BCUT2D eigenvalue weighted by Gasteiger charge is -2.29. The van der Waals surface area contributed by atoms with Crippen molar-refractivity contribution < 1.29 is 9.53 Å². The van der Waals surface area contributed by atoms with E-state index in [1.807, 2.05) is 32.5 Å². The summed E-state index contributed by atoms with van der Waals surface area (Å²) in [7, 11) is 0. The number of carbonyl (C=O) groups excluding carboxylic acids is 1. The number of ether oxygens (including phenoxy) is 1. The van der Waals surface area contributed by atoms with Gasteiger partial charge in [-0.2, -0.15) is 11.8 Å². The monoisotopic (exact) mass is 348 g/mol. The molecule has 0 saturated heterocycles. The van der Waals surface area contributed by atoms with Crippen molar-refractivity contribution in [1.29, 1.82) is 0 Å². The van der Waals surface area contributed by atoms with Gasteiger partial charge in [0, 0.05) is 30.1 Å². The molecule has 4 nitrogen and oxygen atoms in total. The van der Waals surface area contributed by atoms with Crippen molar-refractivity contribution >= 4 is 17.9 Å². The average Bonchev–Trinajstić information content (AvgIpc) is 3.34. The fraction of sp³-hybridized carbons (Fsp3) is 0.632. The molecule has 0 aromatic heterocycles. The van der Waals surface area contributed by atoms with Crippen LogP contribution in [0.4, 0.5) is 4.79 Å². The molecule has 132 valence electrons. The number of benzene rings is 1. The maximum Gasteiger partial charge on any atom is 0.407 e. The number of amides is 1. The van der Waals surface area contributed by atoms with E-state index in [9.17, 15) is 4.79 Å². The smallest absolute Gasteiger partial charge is 0.407 e. The SMILES string of the molecule is CC(C)(C)OC(=O)NC(CNC1CSCc2ccccc21)C1CC1. The third-order valence-corrected chi connectivity index (χ3v) is 5.53. The van der Waals surface area contributed by atoms with Crippen LogP contribution in [0.5, 0.6) is 0 Å². The lowest BCUT2D eigenvalue weighted by atomic mass is 10.0. The Labute approximate surface area is 149 Å². The van der Waals surface area contributed by atoms with Gasteiger partial charge in [0.05, 0.1) is 0 Å². The molecule has 1 aromatic rings. The summed E-state index contributed by atoms with van der Waals surface area (Å²) in [6.45, 7) is 6.48. The van der Waals surface area contributed by atoms with Crippen LogP contribution >= 0.6 is 11.8 Å². The summed E-state index contributed by atoms with van der Waals surface area (Å²) in [5.41, 5.74) is 2.38. The highest BCUT2D eigenvalue weighted by Gasteiger charge is 2.34. The van der Waals surface area contributed by atoms with Crippen LogP contribution in [0.15, 0.2) is 24.3 Å². The van der Waals surface area contributed by atoms with Crippen molar-refractivity contribution in [3.63, 3.8) is 0 Å². The number of rotatable bonds is 5. The predicted octanol–water partition coefficient (Wildman–Crippen LogP) is 3.87. The highest BCUT2D eigenvalue weighted by atomic mass is 32.2. The molecule has 24 heavy (non-hydrogen) atoms. The summed E-state index contributed by atoms with van der Waals surface area (Å²) in [4.78, 5) is 12.1. The van der Waals surface area contributed by atoms with Crippen LogP contribution in [-0.4, -0.2) is 30.0 Å². The molecular formula is C19H28N2O2S. The van der Waals surface area contributed by atoms with Crippen molar-refractivity contribution in [3.8, 4) is 0 Å². The van der Waals surface area contributed by atoms with Crippen molar-refractivity contribution in [2.45, 2.75) is 57.1 Å². The largest absolute Gasteiger partial charge is 0.444 e. The number of carbonyl (C=O) groups is 1. The molecule has 1 heterocycles. The van der Waals surface area contributed by atoms with Crippen molar-refractivity contribution in [3.05, 3.63) is 35.4 Å². The van der Waals surface area contributed by atoms with Gasteiger partial charge >= 0.3 is 6.09 Å². The zero-order chi connectivity index (χ0) is 17.2. The fourth-order valence-electron chi connectivity index (χ4n) is 3.11. The van der Waals surface area contributed by atoms with Gasteiger partial charge in [-0.15, -0.1) is 0 Å². The molecule has 2 N–H and O–H groups in total. The lowest BCUT2D eigenvalue weighted by Crippen LogP contribution is -2.46. The first-order chi connectivity index (χ1) is 11.4. The van der Waals surface area contributed by atoms with E-state index in [1.165, 1.54) is 24.0 Å². The number of fused-ring (bicyclic) bond motifs is 1. The van der Waals surface area contributed by atoms with Crippen LogP contribution in [0, 0.1) is 5.92 Å². The zero-order valence-electron chi connectivity index (χ0n) is 14.8. The third-order valence-electron chi connectivity index (χ3n) is 4.45. The Kier molecular flexibility index (Phi) is 5.40. The minimum absolute atomic E-state index is 0.152. The zero-order valence-corrected chi connectivity index (χ0v) is 15.6. The molecule has 0 spiro atoms. The highest BCUT2D eigenvalue weighted by Crippen LogP contribution is 2.34. The molecule has 0 bridgehead atoms. The summed E-state index contributed by atoms with van der Waals surface area (Å²) >= 11 is 1.97. The van der Waals surface area contributed by atoms with Gasteiger partial charge < -0.3 is 15.4 Å². The second-order valence-corrected chi connectivity index (χ2v) is 8.80. The standard InChI is InChI=1S/C19H28N2O2S/c1-19(2,3)23-18(22)21-16(13-8-9-13)10-20-17-12-24-11-14-6-4-5-7-15(14)17/h4-7,13,16-17,20H,8-12H2,1-3H3,(H,21,22). The van der Waals surface area contributed by atoms with Crippen LogP contribution in [0.25, 0.3) is 0 Å².